The molecule has 1 aliphatic carbocycles. The van der Waals surface area contributed by atoms with Crippen LogP contribution in [0, 0.1) is 11.3 Å². The Kier molecular flexibility index (Phi) is 2.51. The second-order valence-corrected chi connectivity index (χ2v) is 4.02. The largest absolute Gasteiger partial charge is 0.385 e. The fraction of sp³-hybridized carbons (Fsp3) is 0.889. The summed E-state index contributed by atoms with van der Waals surface area (Å²) in [4.78, 5) is 2.37. The van der Waals surface area contributed by atoms with Crippen molar-refractivity contribution >= 4 is 5.84 Å². The molecule has 0 radical (unpaired) electrons. The Morgan fingerprint density at radius 2 is 2.31 bits per heavy atom. The third-order valence-corrected chi connectivity index (χ3v) is 2.71. The van der Waals surface area contributed by atoms with Crippen LogP contribution in [0.2, 0.25) is 0 Å². The van der Waals surface area contributed by atoms with Gasteiger partial charge in [-0.3, -0.25) is 10.3 Å². The number of rotatable bonds is 3. The molecular weight excluding hydrogens is 166 g/mol. The monoisotopic (exact) mass is 183 g/mol. The van der Waals surface area contributed by atoms with Gasteiger partial charge in [-0.2, -0.15) is 0 Å². The van der Waals surface area contributed by atoms with E-state index in [-0.39, 0.29) is 11.9 Å². The zero-order valence-electron chi connectivity index (χ0n) is 7.83. The highest BCUT2D eigenvalue weighted by molar-refractivity contribution is 5.82. The molecule has 2 fully saturated rings. The van der Waals surface area contributed by atoms with Crippen LogP contribution in [0.1, 0.15) is 12.8 Å². The summed E-state index contributed by atoms with van der Waals surface area (Å²) in [5, 5.41) is 7.30. The number of nitrogens with one attached hydrogen (secondary N) is 1. The van der Waals surface area contributed by atoms with E-state index in [1.807, 2.05) is 0 Å². The first-order valence-electron chi connectivity index (χ1n) is 4.93. The minimum Gasteiger partial charge on any atom is -0.385 e. The Bertz CT molecular complexity index is 203. The first-order chi connectivity index (χ1) is 6.25. The standard InChI is InChI=1S/C9H17N3O/c10-9(11)8-6-12(3-4-13-8)5-7-1-2-7/h7-8H,1-6H2,(H3,10,11). The predicted octanol–water partition coefficient (Wildman–Crippen LogP) is 0.0332. The highest BCUT2D eigenvalue weighted by atomic mass is 16.5. The second-order valence-electron chi connectivity index (χ2n) is 4.02. The average molecular weight is 183 g/mol. The lowest BCUT2D eigenvalue weighted by Gasteiger charge is -2.32. The number of nitrogens with two attached hydrogens (primary N) is 1. The van der Waals surface area contributed by atoms with Crippen molar-refractivity contribution in [1.82, 2.24) is 4.90 Å². The molecule has 1 heterocycles. The Labute approximate surface area is 78.5 Å². The predicted molar refractivity (Wildman–Crippen MR) is 50.8 cm³/mol. The van der Waals surface area contributed by atoms with Gasteiger partial charge in [0.1, 0.15) is 11.9 Å². The summed E-state index contributed by atoms with van der Waals surface area (Å²) < 4.78 is 5.38. The molecule has 0 aromatic heterocycles. The molecule has 1 saturated carbocycles. The van der Waals surface area contributed by atoms with Gasteiger partial charge >= 0.3 is 0 Å². The van der Waals surface area contributed by atoms with Gasteiger partial charge in [-0.15, -0.1) is 0 Å². The topological polar surface area (TPSA) is 62.3 Å². The third kappa shape index (κ3) is 2.42. The molecule has 1 unspecified atom stereocenters. The Hall–Kier alpha value is -0.610. The Morgan fingerprint density at radius 1 is 1.54 bits per heavy atom. The summed E-state index contributed by atoms with van der Waals surface area (Å²) in [7, 11) is 0. The van der Waals surface area contributed by atoms with Crippen molar-refractivity contribution in [3.05, 3.63) is 0 Å². The maximum absolute atomic E-state index is 7.30. The summed E-state index contributed by atoms with van der Waals surface area (Å²) in [5.74, 6) is 1.08. The molecule has 74 valence electrons. The van der Waals surface area contributed by atoms with Crippen LogP contribution in [0.15, 0.2) is 0 Å². The van der Waals surface area contributed by atoms with Crippen LogP contribution in [0.3, 0.4) is 0 Å². The summed E-state index contributed by atoms with van der Waals surface area (Å²) in [6.07, 6.45) is 2.59. The van der Waals surface area contributed by atoms with E-state index < -0.39 is 0 Å². The highest BCUT2D eigenvalue weighted by Crippen LogP contribution is 2.30. The van der Waals surface area contributed by atoms with Crippen molar-refractivity contribution in [3.8, 4) is 0 Å². The molecule has 0 amide bonds. The molecule has 4 heteroatoms. The molecule has 1 atom stereocenters. The SMILES string of the molecule is N=C(N)C1CN(CC2CC2)CCO1. The van der Waals surface area contributed by atoms with Crippen molar-refractivity contribution in [2.24, 2.45) is 11.7 Å². The molecule has 13 heavy (non-hydrogen) atoms. The molecule has 0 spiro atoms. The molecule has 0 aromatic carbocycles. The van der Waals surface area contributed by atoms with Crippen molar-refractivity contribution in [2.75, 3.05) is 26.2 Å². The van der Waals surface area contributed by atoms with Gasteiger partial charge < -0.3 is 10.5 Å². The van der Waals surface area contributed by atoms with Gasteiger partial charge in [0, 0.05) is 19.6 Å². The number of hydrogen-bond donors (Lipinski definition) is 2. The molecule has 0 bridgehead atoms. The molecule has 1 aliphatic heterocycles. The number of hydrogen-bond acceptors (Lipinski definition) is 3. The van der Waals surface area contributed by atoms with E-state index in [9.17, 15) is 0 Å². The van der Waals surface area contributed by atoms with E-state index in [2.05, 4.69) is 4.90 Å². The molecule has 2 rings (SSSR count). The minimum absolute atomic E-state index is 0.160. The lowest BCUT2D eigenvalue weighted by atomic mass is 10.2. The zero-order chi connectivity index (χ0) is 9.26. The fourth-order valence-corrected chi connectivity index (χ4v) is 1.72. The van der Waals surface area contributed by atoms with E-state index >= 15 is 0 Å². The normalized spacial score (nSPS) is 30.3. The first kappa shape index (κ1) is 8.97. The molecule has 2 aliphatic rings. The number of morpholine rings is 1. The van der Waals surface area contributed by atoms with E-state index in [0.29, 0.717) is 0 Å². The summed E-state index contributed by atoms with van der Waals surface area (Å²) in [6.45, 7) is 3.70. The summed E-state index contributed by atoms with van der Waals surface area (Å²) in [6, 6.07) is 0. The van der Waals surface area contributed by atoms with Crippen molar-refractivity contribution in [3.63, 3.8) is 0 Å². The third-order valence-electron chi connectivity index (χ3n) is 2.71. The zero-order valence-corrected chi connectivity index (χ0v) is 7.83. The van der Waals surface area contributed by atoms with Crippen LogP contribution in [0.25, 0.3) is 0 Å². The highest BCUT2D eigenvalue weighted by Gasteiger charge is 2.28. The van der Waals surface area contributed by atoms with Crippen molar-refractivity contribution in [2.45, 2.75) is 18.9 Å². The van der Waals surface area contributed by atoms with Gasteiger partial charge in [-0.25, -0.2) is 0 Å². The van der Waals surface area contributed by atoms with Gasteiger partial charge in [0.15, 0.2) is 0 Å². The van der Waals surface area contributed by atoms with Gasteiger partial charge in [0.05, 0.1) is 6.61 Å². The van der Waals surface area contributed by atoms with E-state index in [0.717, 1.165) is 25.6 Å². The summed E-state index contributed by atoms with van der Waals surface area (Å²) in [5.41, 5.74) is 5.41. The van der Waals surface area contributed by atoms with Gasteiger partial charge in [-0.05, 0) is 18.8 Å². The number of ether oxygens (including phenoxy) is 1. The fourth-order valence-electron chi connectivity index (χ4n) is 1.72. The van der Waals surface area contributed by atoms with Crippen LogP contribution in [0.4, 0.5) is 0 Å². The van der Waals surface area contributed by atoms with Crippen LogP contribution >= 0.6 is 0 Å². The van der Waals surface area contributed by atoms with Crippen molar-refractivity contribution < 1.29 is 4.74 Å². The summed E-state index contributed by atoms with van der Waals surface area (Å²) >= 11 is 0. The maximum Gasteiger partial charge on any atom is 0.127 e. The first-order valence-corrected chi connectivity index (χ1v) is 4.93. The molecular formula is C9H17N3O. The van der Waals surface area contributed by atoms with Crippen LogP contribution in [0.5, 0.6) is 0 Å². The lowest BCUT2D eigenvalue weighted by molar-refractivity contribution is 0.00399. The maximum atomic E-state index is 7.30. The quantitative estimate of drug-likeness (QED) is 0.479. The van der Waals surface area contributed by atoms with E-state index in [4.69, 9.17) is 15.9 Å². The van der Waals surface area contributed by atoms with Crippen LogP contribution in [-0.2, 0) is 4.74 Å². The van der Waals surface area contributed by atoms with E-state index in [1.54, 1.807) is 0 Å². The number of nitrogens with zero attached hydrogens (tertiary/aromatic N) is 1. The molecule has 1 saturated heterocycles. The van der Waals surface area contributed by atoms with Crippen molar-refractivity contribution in [1.29, 1.82) is 5.41 Å². The Morgan fingerprint density at radius 3 is 2.92 bits per heavy atom. The molecule has 3 N–H and O–H groups in total. The van der Waals surface area contributed by atoms with Gasteiger partial charge in [0.25, 0.3) is 0 Å². The Balaban J connectivity index is 1.80. The van der Waals surface area contributed by atoms with Crippen LogP contribution < -0.4 is 5.73 Å². The smallest absolute Gasteiger partial charge is 0.127 e. The molecule has 0 aromatic rings. The second kappa shape index (κ2) is 3.64. The lowest BCUT2D eigenvalue weighted by Crippen LogP contribution is -2.48. The van der Waals surface area contributed by atoms with Crippen LogP contribution in [-0.4, -0.2) is 43.1 Å². The van der Waals surface area contributed by atoms with Gasteiger partial charge in [0.2, 0.25) is 0 Å². The number of amidine groups is 1. The minimum atomic E-state index is -0.160. The van der Waals surface area contributed by atoms with E-state index in [1.165, 1.54) is 19.4 Å². The molecule has 4 nitrogen and oxygen atoms in total. The van der Waals surface area contributed by atoms with Gasteiger partial charge in [-0.1, -0.05) is 0 Å². The average Bonchev–Trinajstić information content (AvgIpc) is 2.89.